The number of ether oxygens (including phenoxy) is 2. The molecule has 1 aliphatic carbocycles. The van der Waals surface area contributed by atoms with Crippen molar-refractivity contribution in [3.8, 4) is 5.75 Å². The summed E-state index contributed by atoms with van der Waals surface area (Å²) < 4.78 is 12.6. The van der Waals surface area contributed by atoms with E-state index in [-0.39, 0.29) is 11.3 Å². The Balaban J connectivity index is 1.77. The first-order valence-electron chi connectivity index (χ1n) is 19.1. The molecule has 54 heavy (non-hydrogen) atoms. The van der Waals surface area contributed by atoms with E-state index in [0.29, 0.717) is 0 Å². The number of benzene rings is 5. The summed E-state index contributed by atoms with van der Waals surface area (Å²) in [5, 5.41) is 8.36. The number of allylic oxidation sites excluding steroid dienone is 3. The molecule has 4 heteroatoms. The summed E-state index contributed by atoms with van der Waals surface area (Å²) in [6.07, 6.45) is 2.57. The van der Waals surface area contributed by atoms with E-state index < -0.39 is 15.8 Å². The van der Waals surface area contributed by atoms with Crippen LogP contribution in [0.2, 0.25) is 0 Å². The third kappa shape index (κ3) is 7.89. The maximum atomic E-state index is 6.43. The van der Waals surface area contributed by atoms with Gasteiger partial charge in [0.15, 0.2) is 0 Å². The second kappa shape index (κ2) is 15.6. The van der Waals surface area contributed by atoms with Gasteiger partial charge in [-0.25, -0.2) is 0 Å². The third-order valence-corrected chi connectivity index (χ3v) is 15.6. The minimum absolute atomic E-state index is 0.0346. The van der Waals surface area contributed by atoms with E-state index in [1.165, 1.54) is 93.0 Å². The summed E-state index contributed by atoms with van der Waals surface area (Å²) in [6.45, 7) is 27.1. The first kappa shape index (κ1) is 39.7. The topological polar surface area (TPSA) is 18.5 Å². The molecule has 0 radical (unpaired) electrons. The van der Waals surface area contributed by atoms with Crippen molar-refractivity contribution < 1.29 is 9.47 Å². The molecule has 0 aliphatic heterocycles. The molecule has 0 heterocycles. The largest absolute Gasteiger partial charge is 0.500 e. The molecule has 5 aromatic carbocycles. The summed E-state index contributed by atoms with van der Waals surface area (Å²) >= 11 is 0. The number of aryl methyl sites for hydroxylation is 8. The van der Waals surface area contributed by atoms with Crippen LogP contribution in [-0.4, -0.2) is 14.2 Å². The third-order valence-electron chi connectivity index (χ3n) is 10.7. The SMILES string of the molecule is COC1=C(C)C(c2c(P(c3cc(C)cc(C)c3)c3cc(C)cc(C)c3)ccc(OC)c2C)C(P(c2cc(C)cc(C)c2)c2cc(C)cc(C)c2)=CC1(C)C. The van der Waals surface area contributed by atoms with Crippen LogP contribution in [0, 0.1) is 67.7 Å². The first-order valence-corrected chi connectivity index (χ1v) is 21.8. The van der Waals surface area contributed by atoms with Crippen LogP contribution in [0.15, 0.2) is 108 Å². The molecule has 280 valence electrons. The molecule has 0 N–H and O–H groups in total. The van der Waals surface area contributed by atoms with E-state index >= 15 is 0 Å². The number of rotatable bonds is 9. The molecule has 5 aromatic rings. The zero-order valence-corrected chi connectivity index (χ0v) is 36.7. The summed E-state index contributed by atoms with van der Waals surface area (Å²) in [6, 6.07) is 33.2. The Morgan fingerprint density at radius 2 is 0.852 bits per heavy atom. The second-order valence-corrected chi connectivity index (χ2v) is 20.7. The van der Waals surface area contributed by atoms with Gasteiger partial charge in [0.2, 0.25) is 0 Å². The lowest BCUT2D eigenvalue weighted by atomic mass is 9.75. The van der Waals surface area contributed by atoms with Crippen LogP contribution < -0.4 is 31.3 Å². The Morgan fingerprint density at radius 1 is 0.481 bits per heavy atom. The lowest BCUT2D eigenvalue weighted by molar-refractivity contribution is 0.212. The predicted molar refractivity (Wildman–Crippen MR) is 238 cm³/mol. The summed E-state index contributed by atoms with van der Waals surface area (Å²) in [7, 11) is 1.75. The molecule has 0 aromatic heterocycles. The molecule has 0 bridgehead atoms. The van der Waals surface area contributed by atoms with Crippen molar-refractivity contribution in [2.24, 2.45) is 5.41 Å². The fourth-order valence-electron chi connectivity index (χ4n) is 9.03. The Bertz CT molecular complexity index is 2120. The van der Waals surface area contributed by atoms with Crippen LogP contribution in [0.3, 0.4) is 0 Å². The molecule has 2 nitrogen and oxygen atoms in total. The van der Waals surface area contributed by atoms with Crippen LogP contribution in [-0.2, 0) is 4.74 Å². The van der Waals surface area contributed by atoms with Crippen molar-refractivity contribution in [3.63, 3.8) is 0 Å². The molecule has 0 fully saturated rings. The summed E-state index contributed by atoms with van der Waals surface area (Å²) in [5.41, 5.74) is 13.9. The van der Waals surface area contributed by atoms with Gasteiger partial charge in [-0.3, -0.25) is 0 Å². The van der Waals surface area contributed by atoms with Crippen LogP contribution in [0.1, 0.15) is 82.3 Å². The molecule has 1 unspecified atom stereocenters. The van der Waals surface area contributed by atoms with Crippen molar-refractivity contribution >= 4 is 42.4 Å². The fraction of sp³-hybridized carbons (Fsp3) is 0.320. The van der Waals surface area contributed by atoms with E-state index in [1.54, 1.807) is 0 Å². The minimum atomic E-state index is -0.958. The van der Waals surface area contributed by atoms with Gasteiger partial charge in [-0.15, -0.1) is 0 Å². The quantitative estimate of drug-likeness (QED) is 0.140. The molecule has 6 rings (SSSR count). The van der Waals surface area contributed by atoms with Gasteiger partial charge in [-0.2, -0.15) is 0 Å². The van der Waals surface area contributed by atoms with Gasteiger partial charge >= 0.3 is 0 Å². The Labute approximate surface area is 328 Å². The maximum Gasteiger partial charge on any atom is 0.122 e. The highest BCUT2D eigenvalue weighted by Gasteiger charge is 2.42. The average molecular weight is 753 g/mol. The van der Waals surface area contributed by atoms with Crippen LogP contribution in [0.5, 0.6) is 5.75 Å². The molecule has 1 atom stereocenters. The van der Waals surface area contributed by atoms with E-state index in [4.69, 9.17) is 9.47 Å². The fourth-order valence-corrected chi connectivity index (χ4v) is 15.2. The zero-order valence-electron chi connectivity index (χ0n) is 34.9. The lowest BCUT2D eigenvalue weighted by Crippen LogP contribution is -2.32. The normalized spacial score (nSPS) is 15.6. The predicted octanol–water partition coefficient (Wildman–Crippen LogP) is 11.3. The second-order valence-electron chi connectivity index (χ2n) is 16.3. The van der Waals surface area contributed by atoms with E-state index in [1.807, 2.05) is 14.2 Å². The molecule has 1 aliphatic rings. The standard InChI is InChI=1S/C50H58O2P2/c1-30-17-31(2)22-40(21-30)53(41-23-32(3)18-33(4)24-41)45-16-15-44(51-13)38(9)47(45)48-39(10)49(52-14)50(11,12)29-46(48)54(42-25-34(5)19-35(6)26-42)43-27-36(7)20-37(8)28-43/h15-29,48H,1-14H3. The monoisotopic (exact) mass is 752 g/mol. The average Bonchev–Trinajstić information content (AvgIpc) is 3.04. The van der Waals surface area contributed by atoms with E-state index in [0.717, 1.165) is 11.5 Å². The highest BCUT2D eigenvalue weighted by molar-refractivity contribution is 7.80. The van der Waals surface area contributed by atoms with E-state index in [2.05, 4.69) is 174 Å². The molecular formula is C50H58O2P2. The number of hydrogen-bond acceptors (Lipinski definition) is 2. The molecule has 0 saturated carbocycles. The number of hydrogen-bond donors (Lipinski definition) is 0. The van der Waals surface area contributed by atoms with Crippen LogP contribution in [0.4, 0.5) is 0 Å². The highest BCUT2D eigenvalue weighted by Crippen LogP contribution is 2.59. The number of methoxy groups -OCH3 is 2. The van der Waals surface area contributed by atoms with Crippen molar-refractivity contribution in [2.75, 3.05) is 14.2 Å². The summed E-state index contributed by atoms with van der Waals surface area (Å²) in [5.74, 6) is 1.93. The van der Waals surface area contributed by atoms with Gasteiger partial charge in [-0.1, -0.05) is 123 Å². The highest BCUT2D eigenvalue weighted by atomic mass is 31.1. The molecule has 0 saturated heterocycles. The lowest BCUT2D eigenvalue weighted by Gasteiger charge is -2.41. The van der Waals surface area contributed by atoms with Gasteiger partial charge < -0.3 is 9.47 Å². The van der Waals surface area contributed by atoms with Gasteiger partial charge in [0.1, 0.15) is 11.5 Å². The molecule has 0 spiro atoms. The Kier molecular flexibility index (Phi) is 11.5. The van der Waals surface area contributed by atoms with Crippen molar-refractivity contribution in [3.05, 3.63) is 163 Å². The zero-order chi connectivity index (χ0) is 39.2. The van der Waals surface area contributed by atoms with Crippen molar-refractivity contribution in [1.82, 2.24) is 0 Å². The van der Waals surface area contributed by atoms with E-state index in [9.17, 15) is 0 Å². The first-order chi connectivity index (χ1) is 25.5. The maximum absolute atomic E-state index is 6.43. The van der Waals surface area contributed by atoms with Crippen LogP contribution in [0.25, 0.3) is 0 Å². The molecular weight excluding hydrogens is 694 g/mol. The van der Waals surface area contributed by atoms with Gasteiger partial charge in [0, 0.05) is 11.3 Å². The Hall–Kier alpha value is -3.96. The Morgan fingerprint density at radius 3 is 1.20 bits per heavy atom. The van der Waals surface area contributed by atoms with Crippen molar-refractivity contribution in [2.45, 2.75) is 89.0 Å². The van der Waals surface area contributed by atoms with Crippen molar-refractivity contribution in [1.29, 1.82) is 0 Å². The van der Waals surface area contributed by atoms with Gasteiger partial charge in [-0.05, 0) is 160 Å². The minimum Gasteiger partial charge on any atom is -0.500 e. The smallest absolute Gasteiger partial charge is 0.122 e. The molecule has 0 amide bonds. The van der Waals surface area contributed by atoms with Gasteiger partial charge in [0.05, 0.1) is 14.2 Å². The van der Waals surface area contributed by atoms with Gasteiger partial charge in [0.25, 0.3) is 0 Å². The van der Waals surface area contributed by atoms with Crippen LogP contribution >= 0.6 is 15.8 Å². The summed E-state index contributed by atoms with van der Waals surface area (Å²) in [4.78, 5) is 0.